The van der Waals surface area contributed by atoms with Crippen LogP contribution in [0.1, 0.15) is 0 Å². The monoisotopic (exact) mass is 266 g/mol. The lowest BCUT2D eigenvalue weighted by Gasteiger charge is -1.90. The summed E-state index contributed by atoms with van der Waals surface area (Å²) < 4.78 is 1.09. The Morgan fingerprint density at radius 3 is 2.88 bits per heavy atom. The molecule has 80 valence electrons. The number of rotatable bonds is 1. The predicted octanol–water partition coefficient (Wildman–Crippen LogP) is 4.26. The lowest BCUT2D eigenvalue weighted by molar-refractivity contribution is 1.49. The highest BCUT2D eigenvalue weighted by molar-refractivity contribution is 7.22. The van der Waals surface area contributed by atoms with Crippen molar-refractivity contribution in [2.45, 2.75) is 0 Å². The topological polar surface area (TPSA) is 38.9 Å². The molecule has 3 rings (SSSR count). The van der Waals surface area contributed by atoms with Crippen LogP contribution in [0.15, 0.2) is 29.6 Å². The molecule has 2 N–H and O–H groups in total. The minimum absolute atomic E-state index is 0.737. The summed E-state index contributed by atoms with van der Waals surface area (Å²) in [5, 5.41) is 4.48. The van der Waals surface area contributed by atoms with Crippen LogP contribution in [0.4, 0.5) is 5.00 Å². The number of nitrogens with zero attached hydrogens (tertiary/aromatic N) is 1. The third kappa shape index (κ3) is 1.59. The van der Waals surface area contributed by atoms with Gasteiger partial charge in [-0.15, -0.1) is 22.7 Å². The molecule has 0 aliphatic heterocycles. The second-order valence-corrected chi connectivity index (χ2v) is 5.74. The Labute approximate surface area is 105 Å². The van der Waals surface area contributed by atoms with E-state index in [4.69, 9.17) is 17.3 Å². The van der Waals surface area contributed by atoms with Crippen LogP contribution >= 0.6 is 34.3 Å². The molecule has 3 aromatic rings. The number of fused-ring (bicyclic) bond motifs is 1. The van der Waals surface area contributed by atoms with Gasteiger partial charge in [-0.2, -0.15) is 0 Å². The second kappa shape index (κ2) is 3.73. The van der Waals surface area contributed by atoms with E-state index in [-0.39, 0.29) is 0 Å². The highest BCUT2D eigenvalue weighted by Gasteiger charge is 2.09. The summed E-state index contributed by atoms with van der Waals surface area (Å²) in [6.45, 7) is 0. The fourth-order valence-corrected chi connectivity index (χ4v) is 3.50. The third-order valence-corrected chi connectivity index (χ3v) is 4.31. The molecule has 0 unspecified atom stereocenters. The van der Waals surface area contributed by atoms with Gasteiger partial charge in [0.2, 0.25) is 0 Å². The van der Waals surface area contributed by atoms with Crippen molar-refractivity contribution in [3.63, 3.8) is 0 Å². The number of halogens is 1. The number of hydrogen-bond acceptors (Lipinski definition) is 4. The number of hydrogen-bond donors (Lipinski definition) is 1. The molecule has 0 atom stereocenters. The van der Waals surface area contributed by atoms with Gasteiger partial charge in [0.25, 0.3) is 0 Å². The van der Waals surface area contributed by atoms with Gasteiger partial charge in [0.05, 0.1) is 15.2 Å². The molecule has 0 amide bonds. The summed E-state index contributed by atoms with van der Waals surface area (Å²) >= 11 is 9.09. The lowest BCUT2D eigenvalue weighted by atomic mass is 10.3. The third-order valence-electron chi connectivity index (χ3n) is 2.28. The van der Waals surface area contributed by atoms with Crippen LogP contribution in [-0.4, -0.2) is 4.98 Å². The molecule has 0 saturated heterocycles. The minimum Gasteiger partial charge on any atom is -0.390 e. The first kappa shape index (κ1) is 10.1. The van der Waals surface area contributed by atoms with Crippen molar-refractivity contribution >= 4 is 49.5 Å². The van der Waals surface area contributed by atoms with Gasteiger partial charge in [-0.3, -0.25) is 0 Å². The zero-order valence-electron chi connectivity index (χ0n) is 8.11. The van der Waals surface area contributed by atoms with Crippen LogP contribution in [0.3, 0.4) is 0 Å². The minimum atomic E-state index is 0.737. The first-order valence-corrected chi connectivity index (χ1v) is 6.71. The Kier molecular flexibility index (Phi) is 2.35. The predicted molar refractivity (Wildman–Crippen MR) is 72.4 cm³/mol. The van der Waals surface area contributed by atoms with Crippen LogP contribution < -0.4 is 5.73 Å². The van der Waals surface area contributed by atoms with Crippen molar-refractivity contribution in [1.29, 1.82) is 0 Å². The largest absolute Gasteiger partial charge is 0.390 e. The van der Waals surface area contributed by atoms with Crippen molar-refractivity contribution < 1.29 is 0 Å². The molecule has 0 spiro atoms. The second-order valence-electron chi connectivity index (χ2n) is 3.33. The maximum atomic E-state index is 5.94. The molecule has 0 saturated carbocycles. The average Bonchev–Trinajstić information content (AvgIpc) is 2.82. The molecule has 0 radical (unpaired) electrons. The van der Waals surface area contributed by atoms with E-state index < -0.39 is 0 Å². The zero-order chi connectivity index (χ0) is 11.1. The molecule has 0 bridgehead atoms. The van der Waals surface area contributed by atoms with E-state index in [2.05, 4.69) is 4.98 Å². The summed E-state index contributed by atoms with van der Waals surface area (Å²) in [5.74, 6) is 0. The van der Waals surface area contributed by atoms with E-state index in [0.29, 0.717) is 0 Å². The molecule has 0 fully saturated rings. The lowest BCUT2D eigenvalue weighted by Crippen LogP contribution is -1.81. The first-order chi connectivity index (χ1) is 7.74. The highest BCUT2D eigenvalue weighted by Crippen LogP contribution is 2.36. The van der Waals surface area contributed by atoms with Gasteiger partial charge in [0.1, 0.15) is 5.01 Å². The normalized spacial score (nSPS) is 11.1. The molecule has 2 aromatic heterocycles. The number of benzene rings is 1. The Bertz CT molecular complexity index is 657. The van der Waals surface area contributed by atoms with E-state index in [1.807, 2.05) is 29.6 Å². The van der Waals surface area contributed by atoms with E-state index in [1.54, 1.807) is 11.3 Å². The van der Waals surface area contributed by atoms with Gasteiger partial charge >= 0.3 is 0 Å². The van der Waals surface area contributed by atoms with Crippen LogP contribution in [-0.2, 0) is 0 Å². The van der Waals surface area contributed by atoms with E-state index in [0.717, 1.165) is 30.8 Å². The molecular formula is C11H7ClN2S2. The Balaban J connectivity index is 2.23. The Morgan fingerprint density at radius 2 is 2.12 bits per heavy atom. The first-order valence-electron chi connectivity index (χ1n) is 4.63. The quantitative estimate of drug-likeness (QED) is 0.715. The van der Waals surface area contributed by atoms with Crippen molar-refractivity contribution in [3.8, 4) is 10.6 Å². The van der Waals surface area contributed by atoms with Crippen LogP contribution in [0, 0.1) is 0 Å². The molecule has 16 heavy (non-hydrogen) atoms. The molecule has 5 heteroatoms. The zero-order valence-corrected chi connectivity index (χ0v) is 10.5. The van der Waals surface area contributed by atoms with Crippen LogP contribution in [0.2, 0.25) is 5.02 Å². The highest BCUT2D eigenvalue weighted by atomic mass is 35.5. The maximum Gasteiger partial charge on any atom is 0.127 e. The van der Waals surface area contributed by atoms with Gasteiger partial charge in [-0.05, 0) is 29.6 Å². The molecule has 2 nitrogen and oxygen atoms in total. The molecule has 0 aliphatic carbocycles. The van der Waals surface area contributed by atoms with E-state index >= 15 is 0 Å². The summed E-state index contributed by atoms with van der Waals surface area (Å²) in [4.78, 5) is 4.54. The average molecular weight is 267 g/mol. The smallest absolute Gasteiger partial charge is 0.127 e. The van der Waals surface area contributed by atoms with Crippen molar-refractivity contribution in [2.24, 2.45) is 0 Å². The van der Waals surface area contributed by atoms with Gasteiger partial charge in [-0.1, -0.05) is 11.6 Å². The number of nitrogens with two attached hydrogens (primary N) is 1. The van der Waals surface area contributed by atoms with E-state index in [1.165, 1.54) is 11.3 Å². The number of thiazole rings is 1. The fraction of sp³-hybridized carbons (Fsp3) is 0. The van der Waals surface area contributed by atoms with E-state index in [9.17, 15) is 0 Å². The molecule has 1 aromatic carbocycles. The van der Waals surface area contributed by atoms with Gasteiger partial charge in [0, 0.05) is 10.6 Å². The van der Waals surface area contributed by atoms with Crippen molar-refractivity contribution in [1.82, 2.24) is 4.98 Å². The Hall–Kier alpha value is -1.10. The Morgan fingerprint density at radius 1 is 1.25 bits per heavy atom. The number of aromatic nitrogens is 1. The SMILES string of the molecule is Nc1sccc1-c1nc2ccc(Cl)cc2s1. The van der Waals surface area contributed by atoms with Gasteiger partial charge in [-0.25, -0.2) is 4.98 Å². The van der Waals surface area contributed by atoms with Crippen LogP contribution in [0.25, 0.3) is 20.8 Å². The molecular weight excluding hydrogens is 260 g/mol. The number of anilines is 1. The van der Waals surface area contributed by atoms with Crippen LogP contribution in [0.5, 0.6) is 0 Å². The maximum absolute atomic E-state index is 5.94. The summed E-state index contributed by atoms with van der Waals surface area (Å²) in [6, 6.07) is 7.71. The molecule has 0 aliphatic rings. The standard InChI is InChI=1S/C11H7ClN2S2/c12-6-1-2-8-9(5-6)16-11(14-8)7-3-4-15-10(7)13/h1-5H,13H2. The van der Waals surface area contributed by atoms with Gasteiger partial charge in [0.15, 0.2) is 0 Å². The summed E-state index contributed by atoms with van der Waals surface area (Å²) in [7, 11) is 0. The number of nitrogen functional groups attached to an aromatic ring is 1. The summed E-state index contributed by atoms with van der Waals surface area (Å²) in [5.41, 5.74) is 7.87. The number of thiophene rings is 1. The fourth-order valence-electron chi connectivity index (χ4n) is 1.51. The summed E-state index contributed by atoms with van der Waals surface area (Å²) in [6.07, 6.45) is 0. The molecule has 2 heterocycles. The van der Waals surface area contributed by atoms with Crippen molar-refractivity contribution in [3.05, 3.63) is 34.7 Å². The van der Waals surface area contributed by atoms with Crippen molar-refractivity contribution in [2.75, 3.05) is 5.73 Å². The van der Waals surface area contributed by atoms with Gasteiger partial charge < -0.3 is 5.73 Å².